The number of rotatable bonds is 1. The highest BCUT2D eigenvalue weighted by atomic mass is 16.4. The van der Waals surface area contributed by atoms with Crippen LogP contribution in [0.1, 0.15) is 6.42 Å². The second kappa shape index (κ2) is 3.68. The van der Waals surface area contributed by atoms with Gasteiger partial charge in [-0.15, -0.1) is 0 Å². The maximum atomic E-state index is 9.24. The predicted octanol–water partition coefficient (Wildman–Crippen LogP) is -2.56. The van der Waals surface area contributed by atoms with Crippen molar-refractivity contribution in [1.29, 1.82) is 0 Å². The Bertz CT molecular complexity index is 146. The first-order valence-electron chi connectivity index (χ1n) is 3.91. The molecule has 0 saturated heterocycles. The van der Waals surface area contributed by atoms with Gasteiger partial charge in [0.05, 0.1) is 12.2 Å². The predicted molar refractivity (Wildman–Crippen MR) is 39.2 cm³/mol. The Kier molecular flexibility index (Phi) is 3.03. The van der Waals surface area contributed by atoms with Gasteiger partial charge in [-0.2, -0.15) is 0 Å². The molecule has 72 valence electrons. The van der Waals surface area contributed by atoms with Crippen molar-refractivity contribution in [2.45, 2.75) is 30.8 Å². The molecule has 1 rings (SSSR count). The fourth-order valence-electron chi connectivity index (χ4n) is 1.48. The van der Waals surface area contributed by atoms with Crippen LogP contribution in [0.25, 0.3) is 0 Å². The minimum Gasteiger partial charge on any atom is -0.396 e. The summed E-state index contributed by atoms with van der Waals surface area (Å²) in [7, 11) is 0. The van der Waals surface area contributed by atoms with E-state index in [1.165, 1.54) is 0 Å². The molecule has 0 aromatic rings. The lowest BCUT2D eigenvalue weighted by Gasteiger charge is -2.37. The summed E-state index contributed by atoms with van der Waals surface area (Å²) < 4.78 is 0. The van der Waals surface area contributed by atoms with Crippen LogP contribution in [0.5, 0.6) is 0 Å². The molecular weight excluding hydrogens is 164 g/mol. The molecule has 0 aromatic carbocycles. The minimum atomic E-state index is -1.37. The highest BCUT2D eigenvalue weighted by molar-refractivity contribution is 4.91. The number of aliphatic hydroxyl groups excluding tert-OH is 5. The third-order valence-corrected chi connectivity index (χ3v) is 2.36. The van der Waals surface area contributed by atoms with E-state index in [0.29, 0.717) is 0 Å². The Balaban J connectivity index is 2.63. The Morgan fingerprint density at radius 3 is 2.00 bits per heavy atom. The van der Waals surface area contributed by atoms with E-state index in [4.69, 9.17) is 20.4 Å². The molecule has 1 aliphatic carbocycles. The molecular formula is C7H14O5. The molecule has 0 radical (unpaired) electrons. The molecule has 0 bridgehead atoms. The zero-order valence-corrected chi connectivity index (χ0v) is 6.54. The minimum absolute atomic E-state index is 0.107. The molecule has 1 aliphatic rings. The molecule has 5 nitrogen and oxygen atoms in total. The molecule has 5 N–H and O–H groups in total. The number of aliphatic hydroxyl groups is 5. The summed E-state index contributed by atoms with van der Waals surface area (Å²) in [5.41, 5.74) is 0. The molecule has 5 atom stereocenters. The molecule has 0 aliphatic heterocycles. The average molecular weight is 178 g/mol. The van der Waals surface area contributed by atoms with Gasteiger partial charge in [-0.05, 0) is 6.42 Å². The summed E-state index contributed by atoms with van der Waals surface area (Å²) in [5.74, 6) is -0.557. The quantitative estimate of drug-likeness (QED) is 0.304. The van der Waals surface area contributed by atoms with Crippen molar-refractivity contribution in [3.8, 4) is 0 Å². The van der Waals surface area contributed by atoms with Crippen molar-refractivity contribution in [2.24, 2.45) is 5.92 Å². The molecule has 5 heteroatoms. The van der Waals surface area contributed by atoms with Gasteiger partial charge in [0.1, 0.15) is 12.2 Å². The summed E-state index contributed by atoms with van der Waals surface area (Å²) >= 11 is 0. The summed E-state index contributed by atoms with van der Waals surface area (Å²) in [5, 5.41) is 45.3. The van der Waals surface area contributed by atoms with Crippen molar-refractivity contribution in [2.75, 3.05) is 6.61 Å². The number of hydrogen-bond donors (Lipinski definition) is 5. The molecule has 1 saturated carbocycles. The van der Waals surface area contributed by atoms with E-state index in [1.807, 2.05) is 0 Å². The third kappa shape index (κ3) is 1.60. The summed E-state index contributed by atoms with van der Waals surface area (Å²) in [6.45, 7) is -0.304. The molecule has 0 heterocycles. The number of hydrogen-bond acceptors (Lipinski definition) is 5. The molecule has 1 fully saturated rings. The lowest BCUT2D eigenvalue weighted by molar-refractivity contribution is -0.163. The monoisotopic (exact) mass is 178 g/mol. The van der Waals surface area contributed by atoms with Crippen molar-refractivity contribution in [3.63, 3.8) is 0 Å². The van der Waals surface area contributed by atoms with Gasteiger partial charge < -0.3 is 25.5 Å². The van der Waals surface area contributed by atoms with Crippen LogP contribution in [0.2, 0.25) is 0 Å². The lowest BCUT2D eigenvalue weighted by atomic mass is 9.81. The first-order chi connectivity index (χ1) is 5.57. The Morgan fingerprint density at radius 1 is 0.917 bits per heavy atom. The Hall–Kier alpha value is -0.200. The van der Waals surface area contributed by atoms with Gasteiger partial charge in [0.2, 0.25) is 0 Å². The van der Waals surface area contributed by atoms with E-state index in [-0.39, 0.29) is 13.0 Å². The van der Waals surface area contributed by atoms with Crippen molar-refractivity contribution in [3.05, 3.63) is 0 Å². The average Bonchev–Trinajstić information content (AvgIpc) is 2.08. The Labute approximate surface area is 69.9 Å². The van der Waals surface area contributed by atoms with Gasteiger partial charge in [0.25, 0.3) is 0 Å². The van der Waals surface area contributed by atoms with Gasteiger partial charge in [0.15, 0.2) is 0 Å². The second-order valence-electron chi connectivity index (χ2n) is 3.22. The SMILES string of the molecule is OCC1C[C@H](O)C(O)C(O)[C@H]1O. The van der Waals surface area contributed by atoms with Crippen LogP contribution >= 0.6 is 0 Å². The third-order valence-electron chi connectivity index (χ3n) is 2.36. The summed E-state index contributed by atoms with van der Waals surface area (Å²) in [4.78, 5) is 0. The Morgan fingerprint density at radius 2 is 1.50 bits per heavy atom. The topological polar surface area (TPSA) is 101 Å². The smallest absolute Gasteiger partial charge is 0.109 e. The standard InChI is InChI=1S/C7H14O5/c8-2-3-1-4(9)6(11)7(12)5(3)10/h3-12H,1-2H2/t3?,4-,5-,6?,7?/m0/s1. The van der Waals surface area contributed by atoms with Crippen molar-refractivity contribution < 1.29 is 25.5 Å². The highest BCUT2D eigenvalue weighted by Gasteiger charge is 2.41. The van der Waals surface area contributed by atoms with E-state index in [1.54, 1.807) is 0 Å². The fourth-order valence-corrected chi connectivity index (χ4v) is 1.48. The van der Waals surface area contributed by atoms with Crippen LogP contribution in [0.3, 0.4) is 0 Å². The van der Waals surface area contributed by atoms with Crippen LogP contribution < -0.4 is 0 Å². The maximum absolute atomic E-state index is 9.24. The van der Waals surface area contributed by atoms with Crippen LogP contribution in [0.15, 0.2) is 0 Å². The maximum Gasteiger partial charge on any atom is 0.109 e. The fraction of sp³-hybridized carbons (Fsp3) is 1.00. The zero-order chi connectivity index (χ0) is 9.30. The molecule has 0 aromatic heterocycles. The van der Waals surface area contributed by atoms with Gasteiger partial charge in [-0.3, -0.25) is 0 Å². The normalized spacial score (nSPS) is 49.2. The first-order valence-corrected chi connectivity index (χ1v) is 3.91. The zero-order valence-electron chi connectivity index (χ0n) is 6.54. The van der Waals surface area contributed by atoms with E-state index in [0.717, 1.165) is 0 Å². The molecule has 0 spiro atoms. The van der Waals surface area contributed by atoms with Crippen LogP contribution in [0, 0.1) is 5.92 Å². The van der Waals surface area contributed by atoms with E-state index < -0.39 is 30.3 Å². The summed E-state index contributed by atoms with van der Waals surface area (Å²) in [6.07, 6.45) is -4.81. The molecule has 3 unspecified atom stereocenters. The van der Waals surface area contributed by atoms with Crippen LogP contribution in [-0.4, -0.2) is 56.6 Å². The van der Waals surface area contributed by atoms with Crippen molar-refractivity contribution in [1.82, 2.24) is 0 Å². The van der Waals surface area contributed by atoms with Gasteiger partial charge in [-0.1, -0.05) is 0 Å². The first kappa shape index (κ1) is 9.88. The molecule has 12 heavy (non-hydrogen) atoms. The molecule has 0 amide bonds. The van der Waals surface area contributed by atoms with Crippen LogP contribution in [-0.2, 0) is 0 Å². The van der Waals surface area contributed by atoms with Gasteiger partial charge >= 0.3 is 0 Å². The van der Waals surface area contributed by atoms with Gasteiger partial charge in [-0.25, -0.2) is 0 Å². The van der Waals surface area contributed by atoms with E-state index in [9.17, 15) is 5.11 Å². The van der Waals surface area contributed by atoms with Crippen LogP contribution in [0.4, 0.5) is 0 Å². The van der Waals surface area contributed by atoms with E-state index in [2.05, 4.69) is 0 Å². The largest absolute Gasteiger partial charge is 0.396 e. The highest BCUT2D eigenvalue weighted by Crippen LogP contribution is 2.25. The second-order valence-corrected chi connectivity index (χ2v) is 3.22. The van der Waals surface area contributed by atoms with E-state index >= 15 is 0 Å². The lowest BCUT2D eigenvalue weighted by Crippen LogP contribution is -2.54. The summed E-state index contributed by atoms with van der Waals surface area (Å²) in [6, 6.07) is 0. The van der Waals surface area contributed by atoms with Gasteiger partial charge in [0, 0.05) is 12.5 Å². The van der Waals surface area contributed by atoms with Crippen molar-refractivity contribution >= 4 is 0 Å².